The summed E-state index contributed by atoms with van der Waals surface area (Å²) in [4.78, 5) is 0.243. The van der Waals surface area contributed by atoms with Crippen LogP contribution in [0.15, 0.2) is 29.2 Å². The highest BCUT2D eigenvalue weighted by molar-refractivity contribution is 7.89. The molecule has 0 heterocycles. The van der Waals surface area contributed by atoms with Gasteiger partial charge >= 0.3 is 0 Å². The fourth-order valence-electron chi connectivity index (χ4n) is 2.26. The maximum atomic E-state index is 12.2. The largest absolute Gasteiger partial charge is 0.240 e. The van der Waals surface area contributed by atoms with Crippen LogP contribution in [0.4, 0.5) is 0 Å². The molecule has 0 spiro atoms. The second kappa shape index (κ2) is 5.78. The summed E-state index contributed by atoms with van der Waals surface area (Å²) in [6.45, 7) is 0. The van der Waals surface area contributed by atoms with E-state index in [9.17, 15) is 8.42 Å². The molecule has 0 aliphatic heterocycles. The molecule has 2 unspecified atom stereocenters. The molecule has 1 aromatic carbocycles. The summed E-state index contributed by atoms with van der Waals surface area (Å²) >= 11 is 11.6. The lowest BCUT2D eigenvalue weighted by Crippen LogP contribution is -2.37. The summed E-state index contributed by atoms with van der Waals surface area (Å²) in [5.74, 6) is 0.724. The van der Waals surface area contributed by atoms with Crippen LogP contribution in [0.3, 0.4) is 0 Å². The van der Waals surface area contributed by atoms with Crippen LogP contribution in [-0.4, -0.2) is 20.3 Å². The average molecular weight is 308 g/mol. The molecule has 2 rings (SSSR count). The highest BCUT2D eigenvalue weighted by Crippen LogP contribution is 2.28. The summed E-state index contributed by atoms with van der Waals surface area (Å²) in [5.41, 5.74) is 0. The van der Waals surface area contributed by atoms with Crippen LogP contribution in [0.25, 0.3) is 0 Å². The molecule has 0 bridgehead atoms. The number of alkyl halides is 1. The fourth-order valence-corrected chi connectivity index (χ4v) is 4.09. The molecule has 1 aromatic rings. The molecule has 1 aliphatic rings. The maximum Gasteiger partial charge on any atom is 0.240 e. The van der Waals surface area contributed by atoms with Gasteiger partial charge in [0.05, 0.1) is 4.90 Å². The molecule has 6 heteroatoms. The van der Waals surface area contributed by atoms with E-state index in [1.807, 2.05) is 0 Å². The lowest BCUT2D eigenvalue weighted by molar-refractivity contribution is 0.480. The Morgan fingerprint density at radius 2 is 1.89 bits per heavy atom. The molecular weight excluding hydrogens is 293 g/mol. The van der Waals surface area contributed by atoms with Crippen molar-refractivity contribution in [3.05, 3.63) is 29.3 Å². The molecule has 0 amide bonds. The van der Waals surface area contributed by atoms with Crippen LogP contribution in [0.5, 0.6) is 0 Å². The number of nitrogens with one attached hydrogen (secondary N) is 1. The van der Waals surface area contributed by atoms with Gasteiger partial charge < -0.3 is 0 Å². The SMILES string of the molecule is O=S(=O)(NC1CCCC1CCl)c1ccc(Cl)cc1. The van der Waals surface area contributed by atoms with Gasteiger partial charge in [-0.25, -0.2) is 13.1 Å². The van der Waals surface area contributed by atoms with Crippen molar-refractivity contribution in [2.24, 2.45) is 5.92 Å². The van der Waals surface area contributed by atoms with Crippen molar-refractivity contribution in [1.29, 1.82) is 0 Å². The van der Waals surface area contributed by atoms with E-state index in [1.54, 1.807) is 12.1 Å². The van der Waals surface area contributed by atoms with Crippen LogP contribution in [0, 0.1) is 5.92 Å². The Morgan fingerprint density at radius 1 is 1.22 bits per heavy atom. The number of rotatable bonds is 4. The molecular formula is C12H15Cl2NO2S. The van der Waals surface area contributed by atoms with Crippen molar-refractivity contribution in [2.45, 2.75) is 30.2 Å². The molecule has 1 N–H and O–H groups in total. The molecule has 0 radical (unpaired) electrons. The normalized spacial score (nSPS) is 24.3. The molecule has 100 valence electrons. The zero-order valence-electron chi connectivity index (χ0n) is 9.77. The standard InChI is InChI=1S/C12H15Cl2NO2S/c13-8-9-2-1-3-12(9)15-18(16,17)11-6-4-10(14)5-7-11/h4-7,9,12,15H,1-3,8H2. The quantitative estimate of drug-likeness (QED) is 0.869. The minimum atomic E-state index is -3.47. The van der Waals surface area contributed by atoms with E-state index in [2.05, 4.69) is 4.72 Å². The van der Waals surface area contributed by atoms with E-state index in [4.69, 9.17) is 23.2 Å². The first-order valence-corrected chi connectivity index (χ1v) is 8.26. The third kappa shape index (κ3) is 3.18. The van der Waals surface area contributed by atoms with Crippen LogP contribution in [-0.2, 0) is 10.0 Å². The molecule has 2 atom stereocenters. The van der Waals surface area contributed by atoms with Gasteiger partial charge in [0.15, 0.2) is 0 Å². The second-order valence-corrected chi connectivity index (χ2v) is 6.99. The fraction of sp³-hybridized carbons (Fsp3) is 0.500. The number of halogens is 2. The third-order valence-electron chi connectivity index (χ3n) is 3.29. The van der Waals surface area contributed by atoms with Crippen LogP contribution >= 0.6 is 23.2 Å². The second-order valence-electron chi connectivity index (χ2n) is 4.53. The minimum Gasteiger partial charge on any atom is -0.208 e. The number of sulfonamides is 1. The first-order chi connectivity index (χ1) is 8.53. The number of benzene rings is 1. The van der Waals surface area contributed by atoms with Crippen molar-refractivity contribution in [1.82, 2.24) is 4.72 Å². The van der Waals surface area contributed by atoms with Gasteiger partial charge in [-0.3, -0.25) is 0 Å². The minimum absolute atomic E-state index is 0.0526. The lowest BCUT2D eigenvalue weighted by Gasteiger charge is -2.18. The third-order valence-corrected chi connectivity index (χ3v) is 5.44. The predicted octanol–water partition coefficient (Wildman–Crippen LogP) is 3.03. The summed E-state index contributed by atoms with van der Waals surface area (Å²) < 4.78 is 27.1. The first kappa shape index (κ1) is 14.1. The van der Waals surface area contributed by atoms with Crippen molar-refractivity contribution in [3.63, 3.8) is 0 Å². The first-order valence-electron chi connectivity index (χ1n) is 5.87. The van der Waals surface area contributed by atoms with E-state index in [1.165, 1.54) is 12.1 Å². The molecule has 1 fully saturated rings. The van der Waals surface area contributed by atoms with Crippen molar-refractivity contribution in [2.75, 3.05) is 5.88 Å². The van der Waals surface area contributed by atoms with E-state index in [0.717, 1.165) is 19.3 Å². The van der Waals surface area contributed by atoms with Gasteiger partial charge in [-0.15, -0.1) is 11.6 Å². The Hall–Kier alpha value is -0.290. The Morgan fingerprint density at radius 3 is 2.50 bits per heavy atom. The highest BCUT2D eigenvalue weighted by atomic mass is 35.5. The van der Waals surface area contributed by atoms with Gasteiger partial charge in [-0.2, -0.15) is 0 Å². The van der Waals surface area contributed by atoms with E-state index in [0.29, 0.717) is 10.9 Å². The molecule has 0 saturated heterocycles. The molecule has 0 aromatic heterocycles. The van der Waals surface area contributed by atoms with Crippen molar-refractivity contribution in [3.8, 4) is 0 Å². The van der Waals surface area contributed by atoms with Gasteiger partial charge in [-0.05, 0) is 43.0 Å². The van der Waals surface area contributed by atoms with Gasteiger partial charge in [-0.1, -0.05) is 18.0 Å². The topological polar surface area (TPSA) is 46.2 Å². The summed E-state index contributed by atoms with van der Waals surface area (Å²) in [6.07, 6.45) is 2.85. The van der Waals surface area contributed by atoms with Crippen molar-refractivity contribution < 1.29 is 8.42 Å². The van der Waals surface area contributed by atoms with Gasteiger partial charge in [0.25, 0.3) is 0 Å². The van der Waals surface area contributed by atoms with Gasteiger partial charge in [0, 0.05) is 16.9 Å². The number of hydrogen-bond acceptors (Lipinski definition) is 2. The number of hydrogen-bond donors (Lipinski definition) is 1. The Balaban J connectivity index is 2.14. The van der Waals surface area contributed by atoms with E-state index >= 15 is 0 Å². The summed E-state index contributed by atoms with van der Waals surface area (Å²) in [7, 11) is -3.47. The summed E-state index contributed by atoms with van der Waals surface area (Å²) in [6, 6.07) is 6.11. The van der Waals surface area contributed by atoms with E-state index in [-0.39, 0.29) is 16.9 Å². The molecule has 3 nitrogen and oxygen atoms in total. The predicted molar refractivity (Wildman–Crippen MR) is 73.6 cm³/mol. The molecule has 1 aliphatic carbocycles. The summed E-state index contributed by atoms with van der Waals surface area (Å²) in [5, 5.41) is 0.522. The zero-order valence-corrected chi connectivity index (χ0v) is 12.1. The van der Waals surface area contributed by atoms with Gasteiger partial charge in [0.1, 0.15) is 0 Å². The lowest BCUT2D eigenvalue weighted by atomic mass is 10.1. The smallest absolute Gasteiger partial charge is 0.208 e. The van der Waals surface area contributed by atoms with Crippen LogP contribution < -0.4 is 4.72 Å². The maximum absolute atomic E-state index is 12.2. The van der Waals surface area contributed by atoms with Gasteiger partial charge in [0.2, 0.25) is 10.0 Å². The van der Waals surface area contributed by atoms with Crippen LogP contribution in [0.1, 0.15) is 19.3 Å². The molecule has 18 heavy (non-hydrogen) atoms. The monoisotopic (exact) mass is 307 g/mol. The Bertz CT molecular complexity index is 501. The van der Waals surface area contributed by atoms with Crippen molar-refractivity contribution >= 4 is 33.2 Å². The van der Waals surface area contributed by atoms with Crippen LogP contribution in [0.2, 0.25) is 5.02 Å². The highest BCUT2D eigenvalue weighted by Gasteiger charge is 2.30. The zero-order chi connectivity index (χ0) is 13.2. The Labute approximate surface area is 118 Å². The molecule has 1 saturated carbocycles. The average Bonchev–Trinajstić information content (AvgIpc) is 2.76. The van der Waals surface area contributed by atoms with E-state index < -0.39 is 10.0 Å². The Kier molecular flexibility index (Phi) is 4.54.